The molecule has 0 aromatic carbocycles. The number of Topliss-reactive ketones (excluding diaryl/α,β-unsaturated/α-hetero) is 1. The zero-order valence-corrected chi connectivity index (χ0v) is 24.5. The normalized spacial score (nSPS) is 50.0. The van der Waals surface area contributed by atoms with Crippen molar-refractivity contribution in [2.45, 2.75) is 119 Å². The Bertz CT molecular complexity index is 1020. The van der Waals surface area contributed by atoms with Gasteiger partial charge in [-0.3, -0.25) is 9.59 Å². The number of carbonyl (C=O) groups is 2. The largest absolute Gasteiger partial charge is 0.462 e. The summed E-state index contributed by atoms with van der Waals surface area (Å²) in [5, 5.41) is 7.92. The topological polar surface area (TPSA) is 67.2 Å². The number of hydrogen-bond acceptors (Lipinski definition) is 4. The molecule has 10 atom stereocenters. The van der Waals surface area contributed by atoms with Crippen LogP contribution in [0.25, 0.3) is 0 Å². The molecule has 5 aliphatic rings. The third-order valence-electron chi connectivity index (χ3n) is 13.9. The zero-order chi connectivity index (χ0) is 27.2. The molecule has 0 aliphatic heterocycles. The van der Waals surface area contributed by atoms with Crippen molar-refractivity contribution in [1.29, 1.82) is 5.41 Å². The van der Waals surface area contributed by atoms with E-state index in [1.807, 2.05) is 0 Å². The first-order valence-corrected chi connectivity index (χ1v) is 15.1. The van der Waals surface area contributed by atoms with Crippen molar-refractivity contribution in [3.63, 3.8) is 0 Å². The lowest BCUT2D eigenvalue weighted by atomic mass is 9.32. The number of allylic oxidation sites excluding steroid dienone is 1. The Labute approximate surface area is 225 Å². The highest BCUT2D eigenvalue weighted by Crippen LogP contribution is 2.77. The molecule has 4 unspecified atom stereocenters. The van der Waals surface area contributed by atoms with Crippen molar-refractivity contribution in [2.75, 3.05) is 0 Å². The smallest absolute Gasteiger partial charge is 0.302 e. The predicted octanol–water partition coefficient (Wildman–Crippen LogP) is 7.79. The molecule has 37 heavy (non-hydrogen) atoms. The van der Waals surface area contributed by atoms with Crippen molar-refractivity contribution < 1.29 is 14.3 Å². The van der Waals surface area contributed by atoms with Crippen LogP contribution in [0.1, 0.15) is 113 Å². The fraction of sp³-hybridized carbons (Fsp3) is 0.848. The number of esters is 1. The highest BCUT2D eigenvalue weighted by molar-refractivity contribution is 6.29. The van der Waals surface area contributed by atoms with E-state index in [0.29, 0.717) is 29.6 Å². The van der Waals surface area contributed by atoms with Gasteiger partial charge in [0.1, 0.15) is 6.10 Å². The van der Waals surface area contributed by atoms with Crippen LogP contribution >= 0.6 is 0 Å². The van der Waals surface area contributed by atoms with E-state index < -0.39 is 0 Å². The molecule has 0 spiro atoms. The van der Waals surface area contributed by atoms with E-state index in [4.69, 9.17) is 10.1 Å². The second kappa shape index (κ2) is 8.52. The van der Waals surface area contributed by atoms with Crippen molar-refractivity contribution in [1.82, 2.24) is 0 Å². The Morgan fingerprint density at radius 1 is 0.838 bits per heavy atom. The quantitative estimate of drug-likeness (QED) is 0.239. The van der Waals surface area contributed by atoms with Gasteiger partial charge in [-0.25, -0.2) is 0 Å². The summed E-state index contributed by atoms with van der Waals surface area (Å²) >= 11 is 0. The molecule has 5 fully saturated rings. The molecular formula is C33H51NO3. The SMILES string of the molecule is C=C(C)[C@@H]1CC[C@]2(C(=O)C=N)CC[C@]3(C)C(CCC4[C@@]5(C)CC[C@H](OC(C)=O)C(C)(C)C5CC[C@]43C)C12. The third kappa shape index (κ3) is 3.41. The van der Waals surface area contributed by atoms with Gasteiger partial charge < -0.3 is 10.1 Å². The van der Waals surface area contributed by atoms with Gasteiger partial charge in [0.25, 0.3) is 0 Å². The third-order valence-corrected chi connectivity index (χ3v) is 13.9. The van der Waals surface area contributed by atoms with Gasteiger partial charge in [0, 0.05) is 17.8 Å². The van der Waals surface area contributed by atoms with Gasteiger partial charge in [0.2, 0.25) is 0 Å². The summed E-state index contributed by atoms with van der Waals surface area (Å²) in [7, 11) is 0. The lowest BCUT2D eigenvalue weighted by molar-refractivity contribution is -0.248. The maximum atomic E-state index is 13.4. The lowest BCUT2D eigenvalue weighted by Gasteiger charge is -2.72. The number of carbonyl (C=O) groups excluding carboxylic acids is 2. The average molecular weight is 510 g/mol. The van der Waals surface area contributed by atoms with Crippen LogP contribution in [0.15, 0.2) is 12.2 Å². The van der Waals surface area contributed by atoms with Crippen LogP contribution in [-0.4, -0.2) is 24.1 Å². The number of hydrogen-bond donors (Lipinski definition) is 1. The van der Waals surface area contributed by atoms with E-state index in [1.54, 1.807) is 6.92 Å². The fourth-order valence-electron chi connectivity index (χ4n) is 12.1. The highest BCUT2D eigenvalue weighted by atomic mass is 16.5. The summed E-state index contributed by atoms with van der Waals surface area (Å²) in [6.07, 6.45) is 12.1. The summed E-state index contributed by atoms with van der Waals surface area (Å²) in [4.78, 5) is 25.3. The van der Waals surface area contributed by atoms with Crippen LogP contribution in [0.5, 0.6) is 0 Å². The van der Waals surface area contributed by atoms with E-state index in [2.05, 4.69) is 48.1 Å². The van der Waals surface area contributed by atoms with E-state index in [1.165, 1.54) is 31.3 Å². The van der Waals surface area contributed by atoms with Crippen LogP contribution in [-0.2, 0) is 14.3 Å². The van der Waals surface area contributed by atoms with Gasteiger partial charge in [-0.2, -0.15) is 0 Å². The average Bonchev–Trinajstić information content (AvgIpc) is 3.22. The number of rotatable bonds is 4. The molecule has 0 heterocycles. The minimum absolute atomic E-state index is 0.0107. The monoisotopic (exact) mass is 509 g/mol. The first-order chi connectivity index (χ1) is 17.2. The van der Waals surface area contributed by atoms with Crippen LogP contribution in [0, 0.1) is 62.1 Å². The molecule has 5 saturated carbocycles. The van der Waals surface area contributed by atoms with Gasteiger partial charge in [0.15, 0.2) is 5.78 Å². The first kappa shape index (κ1) is 27.1. The molecular weight excluding hydrogens is 458 g/mol. The van der Waals surface area contributed by atoms with E-state index in [9.17, 15) is 9.59 Å². The zero-order valence-electron chi connectivity index (χ0n) is 24.5. The second-order valence-corrected chi connectivity index (χ2v) is 15.3. The molecule has 4 nitrogen and oxygen atoms in total. The number of ether oxygens (including phenoxy) is 1. The molecule has 0 amide bonds. The summed E-state index contributed by atoms with van der Waals surface area (Å²) in [5.74, 6) is 2.37. The summed E-state index contributed by atoms with van der Waals surface area (Å²) in [6.45, 7) is 20.6. The molecule has 0 radical (unpaired) electrons. The van der Waals surface area contributed by atoms with E-state index in [0.717, 1.165) is 44.7 Å². The van der Waals surface area contributed by atoms with E-state index in [-0.39, 0.29) is 44.9 Å². The minimum Gasteiger partial charge on any atom is -0.462 e. The van der Waals surface area contributed by atoms with Gasteiger partial charge in [0.05, 0.1) is 6.21 Å². The van der Waals surface area contributed by atoms with Crippen molar-refractivity contribution in [2.24, 2.45) is 56.7 Å². The van der Waals surface area contributed by atoms with Gasteiger partial charge in [-0.1, -0.05) is 46.8 Å². The molecule has 0 saturated heterocycles. The first-order valence-electron chi connectivity index (χ1n) is 15.1. The number of ketones is 1. The fourth-order valence-corrected chi connectivity index (χ4v) is 12.1. The molecule has 0 aromatic heterocycles. The second-order valence-electron chi connectivity index (χ2n) is 15.3. The summed E-state index contributed by atoms with van der Waals surface area (Å²) < 4.78 is 5.90. The van der Waals surface area contributed by atoms with Crippen LogP contribution in [0.3, 0.4) is 0 Å². The van der Waals surface area contributed by atoms with Crippen molar-refractivity contribution >= 4 is 18.0 Å². The van der Waals surface area contributed by atoms with Gasteiger partial charge in [-0.05, 0) is 117 Å². The maximum absolute atomic E-state index is 13.4. The van der Waals surface area contributed by atoms with Crippen molar-refractivity contribution in [3.8, 4) is 0 Å². The van der Waals surface area contributed by atoms with Gasteiger partial charge >= 0.3 is 5.97 Å². The summed E-state index contributed by atoms with van der Waals surface area (Å²) in [6, 6.07) is 0. The number of fused-ring (bicyclic) bond motifs is 7. The van der Waals surface area contributed by atoms with Crippen LogP contribution in [0.4, 0.5) is 0 Å². The van der Waals surface area contributed by atoms with Crippen LogP contribution in [0.2, 0.25) is 0 Å². The van der Waals surface area contributed by atoms with Crippen LogP contribution < -0.4 is 0 Å². The van der Waals surface area contributed by atoms with E-state index >= 15 is 0 Å². The van der Waals surface area contributed by atoms with Gasteiger partial charge in [-0.15, -0.1) is 0 Å². The number of nitrogens with one attached hydrogen (secondary N) is 1. The Morgan fingerprint density at radius 2 is 1.54 bits per heavy atom. The minimum atomic E-state index is -0.343. The molecule has 0 aromatic rings. The predicted molar refractivity (Wildman–Crippen MR) is 148 cm³/mol. The Morgan fingerprint density at radius 3 is 2.16 bits per heavy atom. The standard InChI is InChI=1S/C33H51NO3/c1-20(2)22-11-16-33(26(36)19-34)18-17-31(7)23(28(22)33)9-10-25-30(6)14-13-27(37-21(3)35)29(4,5)24(30)12-15-32(25,31)8/h19,22-25,27-28,34H,1,9-18H2,2-8H3/t22-,23?,24?,25?,27-,28?,30-,31+,32+,33+/m0/s1. The Hall–Kier alpha value is -1.45. The molecule has 206 valence electrons. The highest BCUT2D eigenvalue weighted by Gasteiger charge is 2.71. The van der Waals surface area contributed by atoms with Crippen molar-refractivity contribution in [3.05, 3.63) is 12.2 Å². The molecule has 0 bridgehead atoms. The Kier molecular flexibility index (Phi) is 6.25. The maximum Gasteiger partial charge on any atom is 0.302 e. The molecule has 1 N–H and O–H groups in total. The lowest BCUT2D eigenvalue weighted by Crippen LogP contribution is -2.67. The molecule has 4 heteroatoms. The molecule has 5 rings (SSSR count). The Balaban J connectivity index is 1.53. The summed E-state index contributed by atoms with van der Waals surface area (Å²) in [5.41, 5.74) is 1.53. The molecule has 5 aliphatic carbocycles.